The highest BCUT2D eigenvalue weighted by Crippen LogP contribution is 2.28. The number of sulfone groups is 1. The van der Waals surface area contributed by atoms with Gasteiger partial charge < -0.3 is 5.11 Å². The van der Waals surface area contributed by atoms with Crippen molar-refractivity contribution in [3.63, 3.8) is 0 Å². The van der Waals surface area contributed by atoms with Crippen molar-refractivity contribution in [3.8, 4) is 0 Å². The van der Waals surface area contributed by atoms with Crippen LogP contribution >= 0.6 is 0 Å². The molecule has 0 unspecified atom stereocenters. The van der Waals surface area contributed by atoms with Gasteiger partial charge in [-0.1, -0.05) is 25.3 Å². The summed E-state index contributed by atoms with van der Waals surface area (Å²) in [5.74, 6) is -1.10. The molecule has 2 rings (SSSR count). The van der Waals surface area contributed by atoms with Crippen molar-refractivity contribution in [2.45, 2.75) is 42.2 Å². The van der Waals surface area contributed by atoms with Crippen molar-refractivity contribution in [3.05, 3.63) is 29.8 Å². The SMILES string of the molecule is O=C(O)c1cccc(S(=O)(=O)C2CCCCC2)c1. The maximum absolute atomic E-state index is 12.4. The lowest BCUT2D eigenvalue weighted by Crippen LogP contribution is -2.24. The molecule has 1 N–H and O–H groups in total. The monoisotopic (exact) mass is 268 g/mol. The number of benzene rings is 1. The maximum Gasteiger partial charge on any atom is 0.335 e. The van der Waals surface area contributed by atoms with E-state index in [4.69, 9.17) is 5.11 Å². The fraction of sp³-hybridized carbons (Fsp3) is 0.462. The molecule has 1 aliphatic carbocycles. The molecule has 0 heterocycles. The van der Waals surface area contributed by atoms with E-state index >= 15 is 0 Å². The Kier molecular flexibility index (Phi) is 3.71. The topological polar surface area (TPSA) is 71.4 Å². The molecular formula is C13H16O4S. The molecule has 98 valence electrons. The molecule has 0 saturated heterocycles. The average molecular weight is 268 g/mol. The highest BCUT2D eigenvalue weighted by atomic mass is 32.2. The zero-order valence-corrected chi connectivity index (χ0v) is 10.8. The van der Waals surface area contributed by atoms with Gasteiger partial charge in [0.2, 0.25) is 0 Å². The fourth-order valence-electron chi connectivity index (χ4n) is 2.37. The number of carbonyl (C=O) groups is 1. The molecular weight excluding hydrogens is 252 g/mol. The average Bonchev–Trinajstić information content (AvgIpc) is 2.40. The molecule has 1 aromatic rings. The number of aromatic carboxylic acids is 1. The van der Waals surface area contributed by atoms with Crippen LogP contribution in [0.5, 0.6) is 0 Å². The molecule has 1 aromatic carbocycles. The van der Waals surface area contributed by atoms with Gasteiger partial charge in [0.1, 0.15) is 0 Å². The lowest BCUT2D eigenvalue weighted by molar-refractivity contribution is 0.0696. The van der Waals surface area contributed by atoms with Crippen molar-refractivity contribution in [1.82, 2.24) is 0 Å². The van der Waals surface area contributed by atoms with Crippen LogP contribution in [0.2, 0.25) is 0 Å². The summed E-state index contributed by atoms with van der Waals surface area (Å²) in [4.78, 5) is 11.0. The molecule has 1 saturated carbocycles. The number of hydrogen-bond donors (Lipinski definition) is 1. The lowest BCUT2D eigenvalue weighted by atomic mass is 10.0. The van der Waals surface area contributed by atoms with Crippen molar-refractivity contribution in [1.29, 1.82) is 0 Å². The predicted octanol–water partition coefficient (Wildman–Crippen LogP) is 2.49. The normalized spacial score (nSPS) is 17.6. The first-order valence-corrected chi connectivity index (χ1v) is 7.64. The van der Waals surface area contributed by atoms with Gasteiger partial charge in [-0.2, -0.15) is 0 Å². The second-order valence-electron chi connectivity index (χ2n) is 4.64. The van der Waals surface area contributed by atoms with E-state index in [0.717, 1.165) is 19.3 Å². The van der Waals surface area contributed by atoms with Crippen LogP contribution in [-0.2, 0) is 9.84 Å². The minimum Gasteiger partial charge on any atom is -0.478 e. The summed E-state index contributed by atoms with van der Waals surface area (Å²) < 4.78 is 24.7. The van der Waals surface area contributed by atoms with Crippen LogP contribution in [0.1, 0.15) is 42.5 Å². The summed E-state index contributed by atoms with van der Waals surface area (Å²) >= 11 is 0. The highest BCUT2D eigenvalue weighted by Gasteiger charge is 2.29. The highest BCUT2D eigenvalue weighted by molar-refractivity contribution is 7.92. The molecule has 0 aliphatic heterocycles. The minimum absolute atomic E-state index is 0.0203. The first-order valence-electron chi connectivity index (χ1n) is 6.09. The van der Waals surface area contributed by atoms with E-state index in [2.05, 4.69) is 0 Å². The van der Waals surface area contributed by atoms with Crippen LogP contribution in [-0.4, -0.2) is 24.7 Å². The van der Waals surface area contributed by atoms with Crippen molar-refractivity contribution >= 4 is 15.8 Å². The Morgan fingerprint density at radius 1 is 1.17 bits per heavy atom. The van der Waals surface area contributed by atoms with Gasteiger partial charge in [-0.25, -0.2) is 13.2 Å². The zero-order valence-electron chi connectivity index (χ0n) is 10.0. The third-order valence-corrected chi connectivity index (χ3v) is 5.66. The standard InChI is InChI=1S/C13H16O4S/c14-13(15)10-5-4-8-12(9-10)18(16,17)11-6-2-1-3-7-11/h4-5,8-9,11H,1-3,6-7H2,(H,14,15). The Hall–Kier alpha value is -1.36. The van der Waals surface area contributed by atoms with E-state index in [1.165, 1.54) is 24.3 Å². The molecule has 0 atom stereocenters. The van der Waals surface area contributed by atoms with E-state index in [-0.39, 0.29) is 15.7 Å². The summed E-state index contributed by atoms with van der Waals surface area (Å²) in [7, 11) is -3.38. The minimum atomic E-state index is -3.38. The molecule has 18 heavy (non-hydrogen) atoms. The van der Waals surface area contributed by atoms with Gasteiger partial charge in [-0.15, -0.1) is 0 Å². The Balaban J connectivity index is 2.34. The van der Waals surface area contributed by atoms with Crippen molar-refractivity contribution in [2.24, 2.45) is 0 Å². The van der Waals surface area contributed by atoms with Crippen molar-refractivity contribution in [2.75, 3.05) is 0 Å². The summed E-state index contributed by atoms with van der Waals surface area (Å²) in [6.45, 7) is 0. The number of hydrogen-bond acceptors (Lipinski definition) is 3. The molecule has 1 aliphatic rings. The quantitative estimate of drug-likeness (QED) is 0.914. The van der Waals surface area contributed by atoms with E-state index in [0.29, 0.717) is 12.8 Å². The van der Waals surface area contributed by atoms with Crippen LogP contribution in [0, 0.1) is 0 Å². The molecule has 0 amide bonds. The maximum atomic E-state index is 12.4. The van der Waals surface area contributed by atoms with Crippen LogP contribution in [0.4, 0.5) is 0 Å². The van der Waals surface area contributed by atoms with E-state index in [1.807, 2.05) is 0 Å². The number of rotatable bonds is 3. The number of carboxylic acid groups (broad SMARTS) is 1. The van der Waals surface area contributed by atoms with Gasteiger partial charge >= 0.3 is 5.97 Å². The van der Waals surface area contributed by atoms with E-state index in [1.54, 1.807) is 0 Å². The van der Waals surface area contributed by atoms with Crippen LogP contribution in [0.15, 0.2) is 29.2 Å². The summed E-state index contributed by atoms with van der Waals surface area (Å²) in [6, 6.07) is 5.63. The molecule has 0 bridgehead atoms. The molecule has 0 aromatic heterocycles. The first-order chi connectivity index (χ1) is 8.51. The van der Waals surface area contributed by atoms with Gasteiger partial charge in [0.25, 0.3) is 0 Å². The molecule has 0 spiro atoms. The summed E-state index contributed by atoms with van der Waals surface area (Å²) in [5.41, 5.74) is 0.0203. The smallest absolute Gasteiger partial charge is 0.335 e. The largest absolute Gasteiger partial charge is 0.478 e. The Morgan fingerprint density at radius 3 is 2.44 bits per heavy atom. The van der Waals surface area contributed by atoms with Crippen LogP contribution < -0.4 is 0 Å². The fourth-order valence-corrected chi connectivity index (χ4v) is 4.27. The van der Waals surface area contributed by atoms with Gasteiger partial charge in [-0.3, -0.25) is 0 Å². The third-order valence-electron chi connectivity index (χ3n) is 3.40. The Morgan fingerprint density at radius 2 is 1.83 bits per heavy atom. The molecule has 5 heteroatoms. The Bertz CT molecular complexity index is 542. The van der Waals surface area contributed by atoms with Gasteiger partial charge in [0.15, 0.2) is 9.84 Å². The van der Waals surface area contributed by atoms with Crippen LogP contribution in [0.25, 0.3) is 0 Å². The van der Waals surface area contributed by atoms with Gasteiger partial charge in [0, 0.05) is 0 Å². The van der Waals surface area contributed by atoms with Crippen LogP contribution in [0.3, 0.4) is 0 Å². The number of carboxylic acids is 1. The molecule has 1 fully saturated rings. The third kappa shape index (κ3) is 2.56. The molecule has 4 nitrogen and oxygen atoms in total. The summed E-state index contributed by atoms with van der Waals surface area (Å²) in [5, 5.41) is 8.54. The second kappa shape index (κ2) is 5.10. The van der Waals surface area contributed by atoms with E-state index in [9.17, 15) is 13.2 Å². The second-order valence-corrected chi connectivity index (χ2v) is 6.87. The van der Waals surface area contributed by atoms with Gasteiger partial charge in [-0.05, 0) is 31.0 Å². The Labute approximate surface area is 107 Å². The predicted molar refractivity (Wildman–Crippen MR) is 67.5 cm³/mol. The van der Waals surface area contributed by atoms with E-state index < -0.39 is 15.8 Å². The van der Waals surface area contributed by atoms with Crippen molar-refractivity contribution < 1.29 is 18.3 Å². The zero-order chi connectivity index (χ0) is 13.2. The molecule has 0 radical (unpaired) electrons. The van der Waals surface area contributed by atoms with Gasteiger partial charge in [0.05, 0.1) is 15.7 Å². The lowest BCUT2D eigenvalue weighted by Gasteiger charge is -2.21. The summed E-state index contributed by atoms with van der Waals surface area (Å²) in [6.07, 6.45) is 4.31. The first kappa shape index (κ1) is 13.1.